The van der Waals surface area contributed by atoms with Crippen molar-refractivity contribution in [2.24, 2.45) is 0 Å². The highest BCUT2D eigenvalue weighted by atomic mass is 16.3. The van der Waals surface area contributed by atoms with Crippen LogP contribution in [0.2, 0.25) is 0 Å². The zero-order valence-electron chi connectivity index (χ0n) is 15.0. The second-order valence-electron chi connectivity index (χ2n) is 7.25. The monoisotopic (exact) mass is 355 g/mol. The van der Waals surface area contributed by atoms with Gasteiger partial charge in [-0.3, -0.25) is 4.79 Å². The average Bonchev–Trinajstić information content (AvgIpc) is 3.29. The number of carbonyl (C=O) groups excluding carboxylic acids is 1. The number of hydrogen-bond donors (Lipinski definition) is 2. The molecule has 0 radical (unpaired) electrons. The van der Waals surface area contributed by atoms with E-state index >= 15 is 0 Å². The number of piperidine rings is 1. The van der Waals surface area contributed by atoms with Crippen molar-refractivity contribution in [1.29, 1.82) is 0 Å². The van der Waals surface area contributed by atoms with Gasteiger partial charge in [-0.1, -0.05) is 35.0 Å². The van der Waals surface area contributed by atoms with Gasteiger partial charge < -0.3 is 15.3 Å². The molecule has 138 valence electrons. The van der Waals surface area contributed by atoms with Gasteiger partial charge >= 0.3 is 0 Å². The molecule has 1 amide bonds. The van der Waals surface area contributed by atoms with Crippen LogP contribution in [0.1, 0.15) is 48.2 Å². The molecule has 0 spiro atoms. The van der Waals surface area contributed by atoms with E-state index in [9.17, 15) is 9.90 Å². The Morgan fingerprint density at radius 2 is 1.92 bits per heavy atom. The second-order valence-corrected chi connectivity index (χ2v) is 7.25. The first-order chi connectivity index (χ1) is 12.6. The number of aromatic nitrogens is 3. The van der Waals surface area contributed by atoms with E-state index in [1.807, 2.05) is 36.1 Å². The highest BCUT2D eigenvalue weighted by molar-refractivity contribution is 5.82. The van der Waals surface area contributed by atoms with Gasteiger partial charge in [0.2, 0.25) is 5.91 Å². The van der Waals surface area contributed by atoms with Crippen LogP contribution in [0.25, 0.3) is 0 Å². The topological polar surface area (TPSA) is 83.3 Å². The van der Waals surface area contributed by atoms with E-state index < -0.39 is 6.10 Å². The number of nitrogens with zero attached hydrogens (tertiary/aromatic N) is 4. The van der Waals surface area contributed by atoms with Crippen LogP contribution in [-0.2, 0) is 4.79 Å². The smallest absolute Gasteiger partial charge is 0.247 e. The molecule has 7 nitrogen and oxygen atoms in total. The summed E-state index contributed by atoms with van der Waals surface area (Å²) in [5.41, 5.74) is 2.39. The first-order valence-electron chi connectivity index (χ1n) is 9.31. The van der Waals surface area contributed by atoms with E-state index in [1.165, 1.54) is 0 Å². The van der Waals surface area contributed by atoms with Crippen molar-refractivity contribution >= 4 is 5.91 Å². The van der Waals surface area contributed by atoms with E-state index in [-0.39, 0.29) is 11.9 Å². The number of likely N-dealkylation sites (tertiary alicyclic amines) is 1. The highest BCUT2D eigenvalue weighted by Gasteiger charge is 2.38. The van der Waals surface area contributed by atoms with E-state index in [0.29, 0.717) is 11.7 Å². The van der Waals surface area contributed by atoms with Crippen molar-refractivity contribution in [3.05, 3.63) is 47.3 Å². The molecule has 0 saturated carbocycles. The molecule has 2 aliphatic rings. The fraction of sp³-hybridized carbons (Fsp3) is 0.526. The van der Waals surface area contributed by atoms with Crippen LogP contribution in [-0.4, -0.2) is 56.6 Å². The minimum Gasteiger partial charge on any atom is -0.382 e. The Morgan fingerprint density at radius 3 is 2.65 bits per heavy atom. The maximum absolute atomic E-state index is 12.8. The third-order valence-corrected chi connectivity index (χ3v) is 5.48. The molecular formula is C19H25N5O2. The molecule has 7 heteroatoms. The summed E-state index contributed by atoms with van der Waals surface area (Å²) >= 11 is 0. The maximum Gasteiger partial charge on any atom is 0.247 e. The Kier molecular flexibility index (Phi) is 4.74. The fourth-order valence-corrected chi connectivity index (χ4v) is 3.90. The zero-order valence-corrected chi connectivity index (χ0v) is 15.0. The van der Waals surface area contributed by atoms with E-state index in [1.54, 1.807) is 10.9 Å². The van der Waals surface area contributed by atoms with Gasteiger partial charge in [0.1, 0.15) is 17.8 Å². The van der Waals surface area contributed by atoms with Crippen LogP contribution < -0.4 is 5.32 Å². The third-order valence-electron chi connectivity index (χ3n) is 5.48. The van der Waals surface area contributed by atoms with Crippen molar-refractivity contribution in [1.82, 2.24) is 25.2 Å². The SMILES string of the molecule is Cc1ccc(C(O)c2cn(C3CCN(C4CCNCC4)C3=O)nn2)cc1. The normalized spacial score (nSPS) is 22.8. The van der Waals surface area contributed by atoms with Crippen LogP contribution in [0.5, 0.6) is 0 Å². The molecule has 2 fully saturated rings. The summed E-state index contributed by atoms with van der Waals surface area (Å²) in [6.07, 6.45) is 3.63. The van der Waals surface area contributed by atoms with Gasteiger partial charge in [0.15, 0.2) is 0 Å². The summed E-state index contributed by atoms with van der Waals surface area (Å²) in [4.78, 5) is 14.8. The van der Waals surface area contributed by atoms with Gasteiger partial charge in [0, 0.05) is 12.6 Å². The standard InChI is InChI=1S/C19H25N5O2/c1-13-2-4-14(5-3-13)18(25)16-12-24(22-21-16)17-8-11-23(19(17)26)15-6-9-20-10-7-15/h2-5,12,15,17-18,20,25H,6-11H2,1H3. The number of hydrogen-bond acceptors (Lipinski definition) is 5. The van der Waals surface area contributed by atoms with Crippen LogP contribution >= 0.6 is 0 Å². The van der Waals surface area contributed by atoms with Crippen LogP contribution in [0.15, 0.2) is 30.5 Å². The summed E-state index contributed by atoms with van der Waals surface area (Å²) in [5, 5.41) is 22.1. The number of aliphatic hydroxyl groups excluding tert-OH is 1. The Hall–Kier alpha value is -2.25. The summed E-state index contributed by atoms with van der Waals surface area (Å²) in [6.45, 7) is 4.71. The van der Waals surface area contributed by atoms with Crippen molar-refractivity contribution in [3.8, 4) is 0 Å². The maximum atomic E-state index is 12.8. The number of rotatable bonds is 4. The molecule has 2 N–H and O–H groups in total. The van der Waals surface area contributed by atoms with Crippen LogP contribution in [0.4, 0.5) is 0 Å². The van der Waals surface area contributed by atoms with Gasteiger partial charge in [0.05, 0.1) is 6.20 Å². The lowest BCUT2D eigenvalue weighted by molar-refractivity contribution is -0.133. The molecule has 0 aliphatic carbocycles. The minimum atomic E-state index is -0.832. The van der Waals surface area contributed by atoms with Gasteiger partial charge in [-0.25, -0.2) is 4.68 Å². The molecule has 4 rings (SSSR count). The molecule has 1 aromatic heterocycles. The molecular weight excluding hydrogens is 330 g/mol. The zero-order chi connectivity index (χ0) is 18.1. The Bertz CT molecular complexity index is 766. The average molecular weight is 355 g/mol. The summed E-state index contributed by atoms with van der Waals surface area (Å²) in [7, 11) is 0. The molecule has 3 heterocycles. The van der Waals surface area contributed by atoms with Gasteiger partial charge in [-0.15, -0.1) is 5.10 Å². The van der Waals surface area contributed by atoms with E-state index in [4.69, 9.17) is 0 Å². The van der Waals surface area contributed by atoms with E-state index in [0.717, 1.165) is 50.0 Å². The molecule has 2 atom stereocenters. The van der Waals surface area contributed by atoms with E-state index in [2.05, 4.69) is 15.6 Å². The largest absolute Gasteiger partial charge is 0.382 e. The molecule has 2 aliphatic heterocycles. The number of carbonyl (C=O) groups is 1. The molecule has 2 unspecified atom stereocenters. The lowest BCUT2D eigenvalue weighted by Crippen LogP contribution is -2.44. The second kappa shape index (κ2) is 7.17. The number of benzene rings is 1. The lowest BCUT2D eigenvalue weighted by Gasteiger charge is -2.31. The summed E-state index contributed by atoms with van der Waals surface area (Å²) < 4.78 is 1.62. The third kappa shape index (κ3) is 3.24. The Labute approximate surface area is 153 Å². The fourth-order valence-electron chi connectivity index (χ4n) is 3.90. The van der Waals surface area contributed by atoms with Crippen LogP contribution in [0.3, 0.4) is 0 Å². The predicted octanol–water partition coefficient (Wildman–Crippen LogP) is 1.19. The predicted molar refractivity (Wildman–Crippen MR) is 96.5 cm³/mol. The van der Waals surface area contributed by atoms with Crippen LogP contribution in [0, 0.1) is 6.92 Å². The van der Waals surface area contributed by atoms with Gasteiger partial charge in [0.25, 0.3) is 0 Å². The Morgan fingerprint density at radius 1 is 1.19 bits per heavy atom. The van der Waals surface area contributed by atoms with Gasteiger partial charge in [-0.05, 0) is 44.8 Å². The minimum absolute atomic E-state index is 0.123. The number of aliphatic hydroxyl groups is 1. The lowest BCUT2D eigenvalue weighted by atomic mass is 10.1. The molecule has 1 aromatic carbocycles. The molecule has 0 bridgehead atoms. The highest BCUT2D eigenvalue weighted by Crippen LogP contribution is 2.28. The molecule has 26 heavy (non-hydrogen) atoms. The Balaban J connectivity index is 1.47. The number of nitrogens with one attached hydrogen (secondary N) is 1. The quantitative estimate of drug-likeness (QED) is 0.861. The van der Waals surface area contributed by atoms with Crippen molar-refractivity contribution in [2.45, 2.75) is 44.4 Å². The van der Waals surface area contributed by atoms with Crippen molar-refractivity contribution < 1.29 is 9.90 Å². The van der Waals surface area contributed by atoms with Crippen molar-refractivity contribution in [2.75, 3.05) is 19.6 Å². The summed E-state index contributed by atoms with van der Waals surface area (Å²) in [5.74, 6) is 0.123. The number of aryl methyl sites for hydroxylation is 1. The molecule has 2 aromatic rings. The molecule has 2 saturated heterocycles. The van der Waals surface area contributed by atoms with Crippen molar-refractivity contribution in [3.63, 3.8) is 0 Å². The first-order valence-corrected chi connectivity index (χ1v) is 9.31. The van der Waals surface area contributed by atoms with Gasteiger partial charge in [-0.2, -0.15) is 0 Å². The summed E-state index contributed by atoms with van der Waals surface area (Å²) in [6, 6.07) is 7.71. The number of amides is 1. The first kappa shape index (κ1) is 17.2.